The van der Waals surface area contributed by atoms with Gasteiger partial charge in [0.05, 0.1) is 0 Å². The lowest BCUT2D eigenvalue weighted by Gasteiger charge is -2.20. The van der Waals surface area contributed by atoms with E-state index >= 15 is 0 Å². The van der Waals surface area contributed by atoms with Crippen LogP contribution in [0.1, 0.15) is 0 Å². The minimum absolute atomic E-state index is 0.867. The Bertz CT molecular complexity index is 4850. The van der Waals surface area contributed by atoms with Crippen molar-refractivity contribution in [1.82, 2.24) is 0 Å². The number of para-hydroxylation sites is 2. The fraction of sp³-hybridized carbons (Fsp3) is 0. The Morgan fingerprint density at radius 1 is 0.197 bits per heavy atom. The van der Waals surface area contributed by atoms with E-state index in [1.165, 1.54) is 98.7 Å². The van der Waals surface area contributed by atoms with E-state index in [1.54, 1.807) is 0 Å². The fourth-order valence-electron chi connectivity index (χ4n) is 12.8. The molecule has 16 rings (SSSR count). The van der Waals surface area contributed by atoms with Crippen LogP contribution in [0.2, 0.25) is 0 Å². The predicted octanol–water partition coefficient (Wildman–Crippen LogP) is 21.3. The molecular weight excluding hydrogens is 921 g/mol. The van der Waals surface area contributed by atoms with E-state index in [2.05, 4.69) is 261 Å². The molecular formula is C74H44O2. The first-order chi connectivity index (χ1) is 37.7. The average molecular weight is 965 g/mol. The molecule has 14 aromatic carbocycles. The summed E-state index contributed by atoms with van der Waals surface area (Å²) >= 11 is 0. The van der Waals surface area contributed by atoms with Crippen LogP contribution in [-0.4, -0.2) is 0 Å². The molecule has 0 saturated carbocycles. The Balaban J connectivity index is 0.894. The second kappa shape index (κ2) is 16.8. The normalized spacial score (nSPS) is 11.9. The molecule has 16 aromatic rings. The van der Waals surface area contributed by atoms with Crippen LogP contribution in [-0.2, 0) is 0 Å². The molecule has 2 heteroatoms. The van der Waals surface area contributed by atoms with Crippen molar-refractivity contribution >= 4 is 97.7 Å². The Morgan fingerprint density at radius 2 is 0.566 bits per heavy atom. The summed E-state index contributed by atoms with van der Waals surface area (Å²) in [6.45, 7) is 0. The van der Waals surface area contributed by atoms with E-state index in [-0.39, 0.29) is 0 Å². The summed E-state index contributed by atoms with van der Waals surface area (Å²) < 4.78 is 13.5. The van der Waals surface area contributed by atoms with Gasteiger partial charge in [-0.25, -0.2) is 0 Å². The predicted molar refractivity (Wildman–Crippen MR) is 321 cm³/mol. The molecule has 0 amide bonds. The second-order valence-electron chi connectivity index (χ2n) is 20.2. The smallest absolute Gasteiger partial charge is 0.143 e. The van der Waals surface area contributed by atoms with Crippen LogP contribution >= 0.6 is 0 Å². The highest BCUT2D eigenvalue weighted by molar-refractivity contribution is 6.35. The molecule has 0 N–H and O–H groups in total. The summed E-state index contributed by atoms with van der Waals surface area (Å²) in [5.41, 5.74) is 17.8. The molecule has 0 bridgehead atoms. The molecule has 0 aliphatic heterocycles. The van der Waals surface area contributed by atoms with E-state index < -0.39 is 0 Å². The van der Waals surface area contributed by atoms with E-state index in [1.807, 2.05) is 6.07 Å². The molecule has 0 spiro atoms. The molecule has 2 heterocycles. The van der Waals surface area contributed by atoms with Gasteiger partial charge in [0.1, 0.15) is 22.3 Å². The van der Waals surface area contributed by atoms with Crippen molar-refractivity contribution in [2.24, 2.45) is 0 Å². The summed E-state index contributed by atoms with van der Waals surface area (Å²) in [6.07, 6.45) is 0. The average Bonchev–Trinajstić information content (AvgIpc) is 4.20. The Kier molecular flexibility index (Phi) is 9.37. The highest BCUT2D eigenvalue weighted by Crippen LogP contribution is 2.51. The molecule has 0 fully saturated rings. The molecule has 2 aromatic heterocycles. The fourth-order valence-corrected chi connectivity index (χ4v) is 12.8. The van der Waals surface area contributed by atoms with Crippen LogP contribution in [0.15, 0.2) is 276 Å². The first-order valence-corrected chi connectivity index (χ1v) is 26.1. The number of benzene rings is 14. The van der Waals surface area contributed by atoms with Gasteiger partial charge in [-0.1, -0.05) is 224 Å². The third-order valence-electron chi connectivity index (χ3n) is 16.0. The SMILES string of the molecule is c1ccc(-c2cc(-c3ccccc3)cc(-c3c4ccccc4c(-c4ccc(-c5c6ccccc6c(-c6cc7ccc8oc9ccccc9c8c7c7c6oc6ccccc67)c6ccccc56)cc4)c4ccccc34)c2)cc1. The van der Waals surface area contributed by atoms with E-state index in [0.29, 0.717) is 0 Å². The standard InChI is InChI=1S/C74H44O2/c1-3-19-45(20-4-1)50-41-51(46-21-5-2-6-22-46)43-52(42-50)69-55-25-9-7-23-53(55)67(54-24-8-10-26-56(54)69)47-35-37-48(38-36-47)68-57-27-11-13-29-59(57)71(60-30-14-12-28-58(60)68)63-44-49-39-40-66-72(61-31-15-17-33-64(61)75-66)70(49)73-62-32-16-18-34-65(62)76-74(63)73/h1-44H. The summed E-state index contributed by atoms with van der Waals surface area (Å²) in [4.78, 5) is 0. The van der Waals surface area contributed by atoms with Gasteiger partial charge in [0.2, 0.25) is 0 Å². The van der Waals surface area contributed by atoms with E-state index in [9.17, 15) is 0 Å². The Morgan fingerprint density at radius 3 is 1.04 bits per heavy atom. The second-order valence-corrected chi connectivity index (χ2v) is 20.2. The van der Waals surface area contributed by atoms with Crippen molar-refractivity contribution in [3.8, 4) is 66.8 Å². The zero-order chi connectivity index (χ0) is 49.8. The highest BCUT2D eigenvalue weighted by atomic mass is 16.3. The molecule has 352 valence electrons. The monoisotopic (exact) mass is 964 g/mol. The zero-order valence-corrected chi connectivity index (χ0v) is 41.2. The first kappa shape index (κ1) is 42.5. The quantitative estimate of drug-likeness (QED) is 0.155. The van der Waals surface area contributed by atoms with Crippen molar-refractivity contribution < 1.29 is 8.83 Å². The number of furan rings is 2. The maximum atomic E-state index is 7.06. The third-order valence-corrected chi connectivity index (χ3v) is 16.0. The van der Waals surface area contributed by atoms with E-state index in [4.69, 9.17) is 8.83 Å². The van der Waals surface area contributed by atoms with Crippen molar-refractivity contribution in [2.45, 2.75) is 0 Å². The third kappa shape index (κ3) is 6.41. The van der Waals surface area contributed by atoms with Crippen molar-refractivity contribution in [3.63, 3.8) is 0 Å². The Labute approximate surface area is 437 Å². The molecule has 0 unspecified atom stereocenters. The van der Waals surface area contributed by atoms with Gasteiger partial charge in [-0.15, -0.1) is 0 Å². The van der Waals surface area contributed by atoms with Gasteiger partial charge in [0.15, 0.2) is 0 Å². The first-order valence-electron chi connectivity index (χ1n) is 26.1. The summed E-state index contributed by atoms with van der Waals surface area (Å²) in [5, 5.41) is 16.4. The zero-order valence-electron chi connectivity index (χ0n) is 41.2. The molecule has 0 aliphatic rings. The highest BCUT2D eigenvalue weighted by Gasteiger charge is 2.25. The molecule has 2 nitrogen and oxygen atoms in total. The van der Waals surface area contributed by atoms with E-state index in [0.717, 1.165) is 65.8 Å². The lowest BCUT2D eigenvalue weighted by Crippen LogP contribution is -1.93. The molecule has 76 heavy (non-hydrogen) atoms. The van der Waals surface area contributed by atoms with Gasteiger partial charge in [-0.2, -0.15) is 0 Å². The summed E-state index contributed by atoms with van der Waals surface area (Å²) in [5.74, 6) is 0. The minimum atomic E-state index is 0.867. The van der Waals surface area contributed by atoms with Gasteiger partial charge < -0.3 is 8.83 Å². The van der Waals surface area contributed by atoms with Gasteiger partial charge >= 0.3 is 0 Å². The molecule has 0 atom stereocenters. The largest absolute Gasteiger partial charge is 0.456 e. The Hall–Kier alpha value is -10.0. The number of hydrogen-bond acceptors (Lipinski definition) is 2. The van der Waals surface area contributed by atoms with Gasteiger partial charge in [-0.05, 0) is 147 Å². The lowest BCUT2D eigenvalue weighted by atomic mass is 9.83. The van der Waals surface area contributed by atoms with Crippen molar-refractivity contribution in [2.75, 3.05) is 0 Å². The maximum Gasteiger partial charge on any atom is 0.143 e. The summed E-state index contributed by atoms with van der Waals surface area (Å²) in [6, 6.07) is 97.3. The topological polar surface area (TPSA) is 26.3 Å². The van der Waals surface area contributed by atoms with Gasteiger partial charge in [0, 0.05) is 38.1 Å². The van der Waals surface area contributed by atoms with Crippen LogP contribution in [0.3, 0.4) is 0 Å². The van der Waals surface area contributed by atoms with Crippen LogP contribution in [0.4, 0.5) is 0 Å². The van der Waals surface area contributed by atoms with Crippen LogP contribution in [0.25, 0.3) is 165 Å². The molecule has 0 radical (unpaired) electrons. The van der Waals surface area contributed by atoms with Crippen LogP contribution in [0.5, 0.6) is 0 Å². The van der Waals surface area contributed by atoms with Crippen molar-refractivity contribution in [1.29, 1.82) is 0 Å². The minimum Gasteiger partial charge on any atom is -0.456 e. The van der Waals surface area contributed by atoms with Crippen molar-refractivity contribution in [3.05, 3.63) is 267 Å². The van der Waals surface area contributed by atoms with Crippen LogP contribution in [0, 0.1) is 0 Å². The number of hydrogen-bond donors (Lipinski definition) is 0. The van der Waals surface area contributed by atoms with Gasteiger partial charge in [-0.3, -0.25) is 0 Å². The lowest BCUT2D eigenvalue weighted by molar-refractivity contribution is 0.669. The van der Waals surface area contributed by atoms with Gasteiger partial charge in [0.25, 0.3) is 0 Å². The molecule has 0 saturated heterocycles. The number of fused-ring (bicyclic) bond motifs is 13. The van der Waals surface area contributed by atoms with Crippen LogP contribution < -0.4 is 0 Å². The number of rotatable bonds is 6. The maximum absolute atomic E-state index is 7.06. The molecule has 0 aliphatic carbocycles. The summed E-state index contributed by atoms with van der Waals surface area (Å²) in [7, 11) is 0.